The van der Waals surface area contributed by atoms with Crippen molar-refractivity contribution in [3.8, 4) is 5.75 Å². The molecule has 0 heterocycles. The first kappa shape index (κ1) is 14.2. The van der Waals surface area contributed by atoms with Gasteiger partial charge < -0.3 is 10.1 Å². The molecule has 0 atom stereocenters. The van der Waals surface area contributed by atoms with E-state index in [1.54, 1.807) is 12.1 Å². The minimum absolute atomic E-state index is 0.0459. The van der Waals surface area contributed by atoms with Crippen molar-refractivity contribution in [2.24, 2.45) is 0 Å². The van der Waals surface area contributed by atoms with E-state index in [1.807, 2.05) is 0 Å². The van der Waals surface area contributed by atoms with Gasteiger partial charge in [0.15, 0.2) is 0 Å². The molecule has 0 aliphatic heterocycles. The van der Waals surface area contributed by atoms with Gasteiger partial charge in [-0.15, -0.1) is 0 Å². The van der Waals surface area contributed by atoms with E-state index in [2.05, 4.69) is 5.32 Å². The van der Waals surface area contributed by atoms with Gasteiger partial charge in [0.25, 0.3) is 6.43 Å². The largest absolute Gasteiger partial charge is 0.497 e. The van der Waals surface area contributed by atoms with Crippen LogP contribution < -0.4 is 10.1 Å². The number of benzene rings is 2. The molecule has 20 heavy (non-hydrogen) atoms. The Hall–Kier alpha value is -2.17. The molecule has 0 radical (unpaired) electrons. The second-order valence-electron chi connectivity index (χ2n) is 4.25. The number of ether oxygens (including phenoxy) is 1. The Morgan fingerprint density at radius 3 is 2.65 bits per heavy atom. The zero-order valence-electron chi connectivity index (χ0n) is 10.9. The summed E-state index contributed by atoms with van der Waals surface area (Å²) in [6.07, 6.45) is -2.51. The van der Waals surface area contributed by atoms with Crippen molar-refractivity contribution in [1.29, 1.82) is 0 Å². The Morgan fingerprint density at radius 2 is 1.95 bits per heavy atom. The average Bonchev–Trinajstić information content (AvgIpc) is 2.46. The van der Waals surface area contributed by atoms with E-state index < -0.39 is 12.2 Å². The minimum Gasteiger partial charge on any atom is -0.497 e. The zero-order valence-corrected chi connectivity index (χ0v) is 10.9. The number of hydrogen-bond acceptors (Lipinski definition) is 2. The lowest BCUT2D eigenvalue weighted by molar-refractivity contribution is 0.151. The van der Waals surface area contributed by atoms with Crippen LogP contribution in [0.1, 0.15) is 17.6 Å². The Balaban J connectivity index is 2.10. The van der Waals surface area contributed by atoms with Crippen LogP contribution in [0, 0.1) is 5.82 Å². The molecule has 2 nitrogen and oxygen atoms in total. The topological polar surface area (TPSA) is 21.3 Å². The first-order chi connectivity index (χ1) is 9.60. The second-order valence-corrected chi connectivity index (χ2v) is 4.25. The van der Waals surface area contributed by atoms with Crippen molar-refractivity contribution in [3.05, 3.63) is 59.4 Å². The molecule has 106 valence electrons. The van der Waals surface area contributed by atoms with Crippen molar-refractivity contribution in [2.45, 2.75) is 13.0 Å². The molecule has 0 saturated carbocycles. The highest BCUT2D eigenvalue weighted by atomic mass is 19.3. The molecule has 2 rings (SSSR count). The highest BCUT2D eigenvalue weighted by molar-refractivity contribution is 5.50. The van der Waals surface area contributed by atoms with Crippen LogP contribution in [0.5, 0.6) is 5.75 Å². The van der Waals surface area contributed by atoms with Crippen LogP contribution in [-0.4, -0.2) is 7.11 Å². The standard InChI is InChI=1S/C15H14F3NO/c1-20-12-5-6-13(16)14(8-12)19-9-10-3-2-4-11(7-10)15(17)18/h2-8,15,19H,9H2,1H3. The van der Waals surface area contributed by atoms with Gasteiger partial charge >= 0.3 is 0 Å². The number of anilines is 1. The van der Waals surface area contributed by atoms with Crippen molar-refractivity contribution in [1.82, 2.24) is 0 Å². The van der Waals surface area contributed by atoms with Crippen LogP contribution in [0.4, 0.5) is 18.9 Å². The molecule has 0 bridgehead atoms. The molecule has 0 spiro atoms. The van der Waals surface area contributed by atoms with Crippen molar-refractivity contribution >= 4 is 5.69 Å². The quantitative estimate of drug-likeness (QED) is 0.878. The molecule has 0 unspecified atom stereocenters. The van der Waals surface area contributed by atoms with E-state index in [0.29, 0.717) is 11.3 Å². The molecule has 2 aromatic carbocycles. The minimum atomic E-state index is -2.51. The summed E-state index contributed by atoms with van der Waals surface area (Å²) in [7, 11) is 1.49. The van der Waals surface area contributed by atoms with E-state index in [4.69, 9.17) is 4.74 Å². The third-order valence-corrected chi connectivity index (χ3v) is 2.86. The number of nitrogens with one attached hydrogen (secondary N) is 1. The van der Waals surface area contributed by atoms with Crippen LogP contribution in [-0.2, 0) is 6.54 Å². The van der Waals surface area contributed by atoms with Crippen molar-refractivity contribution in [3.63, 3.8) is 0 Å². The summed E-state index contributed by atoms with van der Waals surface area (Å²) < 4.78 is 43.7. The van der Waals surface area contributed by atoms with Gasteiger partial charge in [-0.05, 0) is 23.8 Å². The summed E-state index contributed by atoms with van der Waals surface area (Å²) in [5.41, 5.74) is 0.882. The van der Waals surface area contributed by atoms with E-state index >= 15 is 0 Å². The van der Waals surface area contributed by atoms with Gasteiger partial charge in [-0.2, -0.15) is 0 Å². The molecule has 5 heteroatoms. The lowest BCUT2D eigenvalue weighted by atomic mass is 10.1. The van der Waals surface area contributed by atoms with Gasteiger partial charge in [0.05, 0.1) is 12.8 Å². The third-order valence-electron chi connectivity index (χ3n) is 2.86. The number of rotatable bonds is 5. The molecule has 2 aromatic rings. The van der Waals surface area contributed by atoms with Gasteiger partial charge in [-0.1, -0.05) is 18.2 Å². The molecule has 0 aromatic heterocycles. The van der Waals surface area contributed by atoms with E-state index in [-0.39, 0.29) is 17.8 Å². The normalized spacial score (nSPS) is 10.7. The molecule has 0 aliphatic rings. The summed E-state index contributed by atoms with van der Waals surface area (Å²) in [6, 6.07) is 10.3. The first-order valence-corrected chi connectivity index (χ1v) is 6.04. The fourth-order valence-electron chi connectivity index (χ4n) is 1.80. The Morgan fingerprint density at radius 1 is 1.15 bits per heavy atom. The van der Waals surface area contributed by atoms with Gasteiger partial charge in [0, 0.05) is 18.2 Å². The SMILES string of the molecule is COc1ccc(F)c(NCc2cccc(C(F)F)c2)c1. The maximum Gasteiger partial charge on any atom is 0.263 e. The smallest absolute Gasteiger partial charge is 0.263 e. The molecule has 0 aliphatic carbocycles. The van der Waals surface area contributed by atoms with Gasteiger partial charge in [0.1, 0.15) is 11.6 Å². The maximum atomic E-state index is 13.6. The zero-order chi connectivity index (χ0) is 14.5. The monoisotopic (exact) mass is 281 g/mol. The summed E-state index contributed by atoms with van der Waals surface area (Å²) in [6.45, 7) is 0.255. The number of halogens is 3. The van der Waals surface area contributed by atoms with Gasteiger partial charge in [0.2, 0.25) is 0 Å². The van der Waals surface area contributed by atoms with Crippen molar-refractivity contribution in [2.75, 3.05) is 12.4 Å². The lowest BCUT2D eigenvalue weighted by Crippen LogP contribution is -2.02. The van der Waals surface area contributed by atoms with Crippen molar-refractivity contribution < 1.29 is 17.9 Å². The van der Waals surface area contributed by atoms with Crippen LogP contribution in [0.25, 0.3) is 0 Å². The summed E-state index contributed by atoms with van der Waals surface area (Å²) in [4.78, 5) is 0. The predicted octanol–water partition coefficient (Wildman–Crippen LogP) is 4.38. The Labute approximate surface area is 115 Å². The fraction of sp³-hybridized carbons (Fsp3) is 0.200. The predicted molar refractivity (Wildman–Crippen MR) is 71.7 cm³/mol. The molecule has 1 N–H and O–H groups in total. The summed E-state index contributed by atoms with van der Waals surface area (Å²) >= 11 is 0. The first-order valence-electron chi connectivity index (χ1n) is 6.04. The average molecular weight is 281 g/mol. The van der Waals surface area contributed by atoms with Crippen LogP contribution >= 0.6 is 0 Å². The Bertz CT molecular complexity index is 587. The molecule has 0 fully saturated rings. The fourth-order valence-corrected chi connectivity index (χ4v) is 1.80. The van der Waals surface area contributed by atoms with Gasteiger partial charge in [-0.3, -0.25) is 0 Å². The van der Waals surface area contributed by atoms with E-state index in [1.165, 1.54) is 37.4 Å². The number of methoxy groups -OCH3 is 1. The number of hydrogen-bond donors (Lipinski definition) is 1. The molecular formula is C15H14F3NO. The lowest BCUT2D eigenvalue weighted by Gasteiger charge is -2.10. The summed E-state index contributed by atoms with van der Waals surface area (Å²) in [5, 5.41) is 2.87. The molecule has 0 amide bonds. The van der Waals surface area contributed by atoms with Crippen LogP contribution in [0.15, 0.2) is 42.5 Å². The van der Waals surface area contributed by atoms with E-state index in [9.17, 15) is 13.2 Å². The van der Waals surface area contributed by atoms with Crippen LogP contribution in [0.2, 0.25) is 0 Å². The van der Waals surface area contributed by atoms with Crippen LogP contribution in [0.3, 0.4) is 0 Å². The summed E-state index contributed by atoms with van der Waals surface area (Å²) in [5.74, 6) is 0.103. The second kappa shape index (κ2) is 6.32. The van der Waals surface area contributed by atoms with Gasteiger partial charge in [-0.25, -0.2) is 13.2 Å². The highest BCUT2D eigenvalue weighted by Gasteiger charge is 2.08. The highest BCUT2D eigenvalue weighted by Crippen LogP contribution is 2.23. The maximum absolute atomic E-state index is 13.6. The third kappa shape index (κ3) is 3.44. The van der Waals surface area contributed by atoms with E-state index in [0.717, 1.165) is 0 Å². The number of alkyl halides is 2. The molecule has 0 saturated heterocycles. The molecular weight excluding hydrogens is 267 g/mol. The Kier molecular flexibility index (Phi) is 4.50.